The lowest BCUT2D eigenvalue weighted by Gasteiger charge is -2.07. The van der Waals surface area contributed by atoms with Crippen LogP contribution in [0.1, 0.15) is 12.8 Å². The van der Waals surface area contributed by atoms with E-state index in [0.29, 0.717) is 13.0 Å². The molecule has 0 fully saturated rings. The first-order chi connectivity index (χ1) is 5.66. The fourth-order valence-electron chi connectivity index (χ4n) is 0.564. The molecule has 1 unspecified atom stereocenters. The van der Waals surface area contributed by atoms with Gasteiger partial charge in [-0.2, -0.15) is 0 Å². The Morgan fingerprint density at radius 3 is 2.67 bits per heavy atom. The van der Waals surface area contributed by atoms with Gasteiger partial charge in [0.25, 0.3) is 0 Å². The van der Waals surface area contributed by atoms with Crippen LogP contribution in [0.5, 0.6) is 0 Å². The zero-order valence-corrected chi connectivity index (χ0v) is 7.02. The molecule has 0 heterocycles. The van der Waals surface area contributed by atoms with Gasteiger partial charge in [-0.15, -0.1) is 0 Å². The van der Waals surface area contributed by atoms with Crippen LogP contribution in [0.25, 0.3) is 0 Å². The molecule has 0 aliphatic rings. The highest BCUT2D eigenvalue weighted by molar-refractivity contribution is 5.66. The number of aliphatic hydroxyl groups excluding tert-OH is 1. The monoisotopic (exact) mass is 178 g/mol. The molecule has 5 nitrogen and oxygen atoms in total. The van der Waals surface area contributed by atoms with Crippen LogP contribution in [0.4, 0.5) is 0 Å². The first kappa shape index (κ1) is 11.4. The van der Waals surface area contributed by atoms with Gasteiger partial charge in [0.05, 0.1) is 19.6 Å². The van der Waals surface area contributed by atoms with Gasteiger partial charge in [0, 0.05) is 13.5 Å². The average Bonchev–Trinajstić information content (AvgIpc) is 2.03. The zero-order valence-electron chi connectivity index (χ0n) is 7.02. The highest BCUT2D eigenvalue weighted by Crippen LogP contribution is 1.93. The predicted molar refractivity (Wildman–Crippen MR) is 40.7 cm³/mol. The molecular weight excluding hydrogens is 164 g/mol. The second-order valence-corrected chi connectivity index (χ2v) is 2.24. The lowest BCUT2D eigenvalue weighted by molar-refractivity contribution is -0.138. The Morgan fingerprint density at radius 2 is 2.17 bits per heavy atom. The second kappa shape index (κ2) is 7.02. The summed E-state index contributed by atoms with van der Waals surface area (Å²) in [6.45, 7) is 0.480. The normalized spacial score (nSPS) is 12.8. The number of carboxylic acid groups (broad SMARTS) is 1. The van der Waals surface area contributed by atoms with Crippen LogP contribution < -0.4 is 0 Å². The molecule has 0 aliphatic heterocycles. The third-order valence-electron chi connectivity index (χ3n) is 1.24. The molecule has 72 valence electrons. The lowest BCUT2D eigenvalue weighted by atomic mass is 10.4. The van der Waals surface area contributed by atoms with Gasteiger partial charge < -0.3 is 19.7 Å². The average molecular weight is 178 g/mol. The summed E-state index contributed by atoms with van der Waals surface area (Å²) < 4.78 is 9.43. The minimum atomic E-state index is -0.887. The Balaban J connectivity index is 3.05. The van der Waals surface area contributed by atoms with Crippen molar-refractivity contribution in [2.45, 2.75) is 19.1 Å². The summed E-state index contributed by atoms with van der Waals surface area (Å²) in [5.41, 5.74) is 0. The van der Waals surface area contributed by atoms with Gasteiger partial charge in [-0.25, -0.2) is 0 Å². The van der Waals surface area contributed by atoms with Gasteiger partial charge in [0.2, 0.25) is 0 Å². The Kier molecular flexibility index (Phi) is 6.64. The van der Waals surface area contributed by atoms with Crippen molar-refractivity contribution in [3.8, 4) is 0 Å². The number of hydrogen-bond donors (Lipinski definition) is 2. The molecule has 0 aromatic heterocycles. The molecule has 12 heavy (non-hydrogen) atoms. The van der Waals surface area contributed by atoms with Gasteiger partial charge in [0.1, 0.15) is 0 Å². The Labute approximate surface area is 70.9 Å². The van der Waals surface area contributed by atoms with Crippen LogP contribution in [-0.4, -0.2) is 42.8 Å². The van der Waals surface area contributed by atoms with E-state index in [1.54, 1.807) is 0 Å². The summed E-state index contributed by atoms with van der Waals surface area (Å²) in [5.74, 6) is -0.887. The van der Waals surface area contributed by atoms with Crippen LogP contribution in [0, 0.1) is 0 Å². The molecule has 1 atom stereocenters. The van der Waals surface area contributed by atoms with Gasteiger partial charge in [-0.3, -0.25) is 4.79 Å². The van der Waals surface area contributed by atoms with E-state index in [-0.39, 0.29) is 13.0 Å². The van der Waals surface area contributed by atoms with E-state index < -0.39 is 12.3 Å². The van der Waals surface area contributed by atoms with Crippen molar-refractivity contribution in [2.75, 3.05) is 20.3 Å². The number of aliphatic carboxylic acids is 1. The molecule has 0 amide bonds. The van der Waals surface area contributed by atoms with Crippen LogP contribution in [0.15, 0.2) is 0 Å². The van der Waals surface area contributed by atoms with Crippen LogP contribution in [-0.2, 0) is 14.3 Å². The van der Waals surface area contributed by atoms with Crippen LogP contribution in [0.2, 0.25) is 0 Å². The highest BCUT2D eigenvalue weighted by atomic mass is 16.6. The Morgan fingerprint density at radius 1 is 1.50 bits per heavy atom. The van der Waals surface area contributed by atoms with Gasteiger partial charge in [-0.05, 0) is 0 Å². The van der Waals surface area contributed by atoms with E-state index in [9.17, 15) is 4.79 Å². The highest BCUT2D eigenvalue weighted by Gasteiger charge is 2.01. The molecule has 0 saturated heterocycles. The molecule has 0 radical (unpaired) electrons. The first-order valence-corrected chi connectivity index (χ1v) is 3.67. The van der Waals surface area contributed by atoms with Crippen molar-refractivity contribution in [3.63, 3.8) is 0 Å². The van der Waals surface area contributed by atoms with Crippen molar-refractivity contribution >= 4 is 5.97 Å². The maximum Gasteiger partial charge on any atom is 0.305 e. The molecule has 5 heteroatoms. The van der Waals surface area contributed by atoms with Crippen LogP contribution in [0.3, 0.4) is 0 Å². The van der Waals surface area contributed by atoms with E-state index in [1.165, 1.54) is 7.11 Å². The van der Waals surface area contributed by atoms with Gasteiger partial charge in [0.15, 0.2) is 6.29 Å². The molecule has 0 spiro atoms. The molecule has 2 N–H and O–H groups in total. The summed E-state index contributed by atoms with van der Waals surface area (Å²) in [6.07, 6.45) is -0.478. The molecule has 0 aromatic carbocycles. The SMILES string of the molecule is COC(O)CCOCCC(=O)O. The largest absolute Gasteiger partial charge is 0.481 e. The smallest absolute Gasteiger partial charge is 0.305 e. The van der Waals surface area contributed by atoms with Crippen molar-refractivity contribution in [1.29, 1.82) is 0 Å². The minimum absolute atomic E-state index is 0.0108. The summed E-state index contributed by atoms with van der Waals surface area (Å²) in [4.78, 5) is 10.00. The van der Waals surface area contributed by atoms with E-state index in [4.69, 9.17) is 14.9 Å². The zero-order chi connectivity index (χ0) is 9.40. The predicted octanol–water partition coefficient (Wildman–Crippen LogP) is -0.167. The number of carboxylic acids is 1. The maximum atomic E-state index is 10.00. The summed E-state index contributed by atoms with van der Waals surface area (Å²) in [7, 11) is 1.39. The van der Waals surface area contributed by atoms with E-state index in [2.05, 4.69) is 4.74 Å². The van der Waals surface area contributed by atoms with Crippen LogP contribution >= 0.6 is 0 Å². The molecule has 0 saturated carbocycles. The first-order valence-electron chi connectivity index (χ1n) is 3.67. The topological polar surface area (TPSA) is 76.0 Å². The summed E-state index contributed by atoms with van der Waals surface area (Å²) in [6, 6.07) is 0. The van der Waals surface area contributed by atoms with Crippen molar-refractivity contribution in [2.24, 2.45) is 0 Å². The van der Waals surface area contributed by atoms with Crippen molar-refractivity contribution in [3.05, 3.63) is 0 Å². The van der Waals surface area contributed by atoms with Gasteiger partial charge >= 0.3 is 5.97 Å². The Hall–Kier alpha value is -0.650. The summed E-state index contributed by atoms with van der Waals surface area (Å²) >= 11 is 0. The fraction of sp³-hybridized carbons (Fsp3) is 0.857. The van der Waals surface area contributed by atoms with Gasteiger partial charge in [-0.1, -0.05) is 0 Å². The Bertz CT molecular complexity index is 125. The van der Waals surface area contributed by atoms with E-state index >= 15 is 0 Å². The molecule has 0 aromatic rings. The number of aliphatic hydroxyl groups is 1. The third-order valence-corrected chi connectivity index (χ3v) is 1.24. The quantitative estimate of drug-likeness (QED) is 0.418. The fourth-order valence-corrected chi connectivity index (χ4v) is 0.564. The molecule has 0 aliphatic carbocycles. The molecular formula is C7H14O5. The standard InChI is InChI=1S/C7H14O5/c1-11-7(10)3-5-12-4-2-6(8)9/h7,10H,2-5H2,1H3,(H,8,9). The second-order valence-electron chi connectivity index (χ2n) is 2.24. The number of rotatable bonds is 7. The number of carbonyl (C=O) groups is 1. The van der Waals surface area contributed by atoms with E-state index in [0.717, 1.165) is 0 Å². The minimum Gasteiger partial charge on any atom is -0.481 e. The number of hydrogen-bond acceptors (Lipinski definition) is 4. The number of ether oxygens (including phenoxy) is 2. The van der Waals surface area contributed by atoms with Crippen molar-refractivity contribution < 1.29 is 24.5 Å². The third kappa shape index (κ3) is 7.46. The number of methoxy groups -OCH3 is 1. The van der Waals surface area contributed by atoms with Crippen molar-refractivity contribution in [1.82, 2.24) is 0 Å². The molecule has 0 bridgehead atoms. The maximum absolute atomic E-state index is 10.00. The molecule has 0 rings (SSSR count). The van der Waals surface area contributed by atoms with E-state index in [1.807, 2.05) is 0 Å². The summed E-state index contributed by atoms with van der Waals surface area (Å²) in [5, 5.41) is 17.1. The lowest BCUT2D eigenvalue weighted by Crippen LogP contribution is -2.13.